The molecule has 78 valence electrons. The van der Waals surface area contributed by atoms with Crippen LogP contribution in [0.25, 0.3) is 0 Å². The van der Waals surface area contributed by atoms with E-state index in [4.69, 9.17) is 9.52 Å². The van der Waals surface area contributed by atoms with Gasteiger partial charge >= 0.3 is 5.97 Å². The summed E-state index contributed by atoms with van der Waals surface area (Å²) in [7, 11) is -3.23. The molecule has 0 fully saturated rings. The molecule has 0 saturated carbocycles. The number of oxazole rings is 1. The molecule has 0 amide bonds. The Kier molecular flexibility index (Phi) is 2.90. The number of rotatable bonds is 4. The third kappa shape index (κ3) is 2.56. The summed E-state index contributed by atoms with van der Waals surface area (Å²) in [5.41, 5.74) is -0.286. The fourth-order valence-electron chi connectivity index (χ4n) is 0.766. The zero-order valence-corrected chi connectivity index (χ0v) is 8.24. The van der Waals surface area contributed by atoms with Gasteiger partial charge in [-0.1, -0.05) is 6.92 Å². The first-order valence-corrected chi connectivity index (χ1v) is 5.65. The lowest BCUT2D eigenvalue weighted by Crippen LogP contribution is -2.07. The maximum absolute atomic E-state index is 11.1. The van der Waals surface area contributed by atoms with Crippen LogP contribution in [0.2, 0.25) is 0 Å². The molecule has 0 atom stereocenters. The Balaban J connectivity index is 2.84. The van der Waals surface area contributed by atoms with Gasteiger partial charge in [-0.3, -0.25) is 0 Å². The van der Waals surface area contributed by atoms with Crippen molar-refractivity contribution in [2.24, 2.45) is 0 Å². The molecule has 0 saturated heterocycles. The highest BCUT2D eigenvalue weighted by molar-refractivity contribution is 7.90. The summed E-state index contributed by atoms with van der Waals surface area (Å²) in [6, 6.07) is 0. The summed E-state index contributed by atoms with van der Waals surface area (Å²) >= 11 is 0. The predicted molar refractivity (Wildman–Crippen MR) is 46.6 cm³/mol. The predicted octanol–water partition coefficient (Wildman–Crippen LogP) is 0.308. The molecule has 0 aliphatic heterocycles. The largest absolute Gasteiger partial charge is 0.476 e. The molecule has 0 aliphatic rings. The molecule has 1 rings (SSSR count). The van der Waals surface area contributed by atoms with E-state index in [9.17, 15) is 13.2 Å². The Bertz CT molecular complexity index is 433. The van der Waals surface area contributed by atoms with E-state index in [-0.39, 0.29) is 23.1 Å². The minimum atomic E-state index is -3.23. The SMILES string of the molecule is CCS(=O)(=O)Cc1nc(C(=O)O)co1. The number of carboxylic acid groups (broad SMARTS) is 1. The number of aromatic nitrogens is 1. The first kappa shape index (κ1) is 10.7. The lowest BCUT2D eigenvalue weighted by Gasteiger charge is -1.94. The first-order chi connectivity index (χ1) is 6.44. The Morgan fingerprint density at radius 3 is 2.71 bits per heavy atom. The van der Waals surface area contributed by atoms with Crippen molar-refractivity contribution in [3.63, 3.8) is 0 Å². The van der Waals surface area contributed by atoms with Crippen molar-refractivity contribution in [3.8, 4) is 0 Å². The molecular formula is C7H9NO5S. The van der Waals surface area contributed by atoms with Crippen LogP contribution in [0, 0.1) is 0 Å². The molecule has 14 heavy (non-hydrogen) atoms. The molecule has 0 bridgehead atoms. The summed E-state index contributed by atoms with van der Waals surface area (Å²) in [4.78, 5) is 13.9. The molecule has 0 spiro atoms. The van der Waals surface area contributed by atoms with Crippen molar-refractivity contribution in [1.29, 1.82) is 0 Å². The number of sulfone groups is 1. The quantitative estimate of drug-likeness (QED) is 0.782. The van der Waals surface area contributed by atoms with E-state index in [0.717, 1.165) is 6.26 Å². The zero-order chi connectivity index (χ0) is 10.8. The van der Waals surface area contributed by atoms with E-state index >= 15 is 0 Å². The van der Waals surface area contributed by atoms with Gasteiger partial charge in [-0.15, -0.1) is 0 Å². The van der Waals surface area contributed by atoms with E-state index in [0.29, 0.717) is 0 Å². The van der Waals surface area contributed by atoms with E-state index in [1.807, 2.05) is 0 Å². The summed E-state index contributed by atoms with van der Waals surface area (Å²) < 4.78 is 26.9. The number of aromatic carboxylic acids is 1. The van der Waals surface area contributed by atoms with E-state index < -0.39 is 15.8 Å². The lowest BCUT2D eigenvalue weighted by molar-refractivity contribution is 0.0690. The van der Waals surface area contributed by atoms with Crippen LogP contribution in [-0.2, 0) is 15.6 Å². The van der Waals surface area contributed by atoms with Gasteiger partial charge in [0, 0.05) is 5.75 Å². The van der Waals surface area contributed by atoms with Crippen LogP contribution >= 0.6 is 0 Å². The monoisotopic (exact) mass is 219 g/mol. The zero-order valence-electron chi connectivity index (χ0n) is 7.43. The van der Waals surface area contributed by atoms with E-state index in [1.54, 1.807) is 0 Å². The van der Waals surface area contributed by atoms with Gasteiger partial charge in [0.05, 0.1) is 0 Å². The standard InChI is InChI=1S/C7H9NO5S/c1-2-14(11,12)4-6-8-5(3-13-6)7(9)10/h3H,2,4H2,1H3,(H,9,10). The van der Waals surface area contributed by atoms with Gasteiger partial charge < -0.3 is 9.52 Å². The average molecular weight is 219 g/mol. The number of nitrogens with zero attached hydrogens (tertiary/aromatic N) is 1. The molecule has 0 unspecified atom stereocenters. The van der Waals surface area contributed by atoms with Gasteiger partial charge in [0.1, 0.15) is 12.0 Å². The summed E-state index contributed by atoms with van der Waals surface area (Å²) in [6.07, 6.45) is 0.919. The molecule has 6 nitrogen and oxygen atoms in total. The van der Waals surface area contributed by atoms with Gasteiger partial charge in [-0.2, -0.15) is 0 Å². The maximum Gasteiger partial charge on any atom is 0.357 e. The summed E-state index contributed by atoms with van der Waals surface area (Å²) in [5, 5.41) is 8.48. The first-order valence-electron chi connectivity index (χ1n) is 3.82. The van der Waals surface area contributed by atoms with Crippen molar-refractivity contribution < 1.29 is 22.7 Å². The fraction of sp³-hybridized carbons (Fsp3) is 0.429. The van der Waals surface area contributed by atoms with Gasteiger partial charge in [-0.05, 0) is 0 Å². The second-order valence-electron chi connectivity index (χ2n) is 2.61. The van der Waals surface area contributed by atoms with E-state index in [1.165, 1.54) is 6.92 Å². The molecule has 1 aromatic heterocycles. The van der Waals surface area contributed by atoms with Crippen LogP contribution in [0.1, 0.15) is 23.3 Å². The topological polar surface area (TPSA) is 97.5 Å². The molecule has 1 heterocycles. The molecular weight excluding hydrogens is 210 g/mol. The molecule has 7 heteroatoms. The van der Waals surface area contributed by atoms with Crippen LogP contribution in [0.3, 0.4) is 0 Å². The summed E-state index contributed by atoms with van der Waals surface area (Å²) in [6.45, 7) is 1.50. The smallest absolute Gasteiger partial charge is 0.357 e. The molecule has 0 aromatic carbocycles. The highest BCUT2D eigenvalue weighted by Crippen LogP contribution is 2.06. The summed E-state index contributed by atoms with van der Waals surface area (Å²) in [5.74, 6) is -1.73. The minimum absolute atomic E-state index is 0.0300. The Morgan fingerprint density at radius 2 is 2.29 bits per heavy atom. The van der Waals surface area contributed by atoms with E-state index in [2.05, 4.69) is 4.98 Å². The third-order valence-electron chi connectivity index (χ3n) is 1.55. The van der Waals surface area contributed by atoms with Crippen LogP contribution < -0.4 is 0 Å². The van der Waals surface area contributed by atoms with Gasteiger partial charge in [0.25, 0.3) is 0 Å². The van der Waals surface area contributed by atoms with Crippen LogP contribution in [0.5, 0.6) is 0 Å². The number of hydrogen-bond donors (Lipinski definition) is 1. The molecule has 0 aliphatic carbocycles. The second-order valence-corrected chi connectivity index (χ2v) is 4.96. The van der Waals surface area contributed by atoms with Crippen LogP contribution in [0.4, 0.5) is 0 Å². The third-order valence-corrected chi connectivity index (χ3v) is 3.12. The van der Waals surface area contributed by atoms with Crippen LogP contribution in [-0.4, -0.2) is 30.2 Å². The van der Waals surface area contributed by atoms with Crippen LogP contribution in [0.15, 0.2) is 10.7 Å². The van der Waals surface area contributed by atoms with Gasteiger partial charge in [0.15, 0.2) is 15.5 Å². The molecule has 0 radical (unpaired) electrons. The number of carbonyl (C=O) groups is 1. The maximum atomic E-state index is 11.1. The highest BCUT2D eigenvalue weighted by Gasteiger charge is 2.16. The molecule has 1 N–H and O–H groups in total. The van der Waals surface area contributed by atoms with Crippen molar-refractivity contribution in [3.05, 3.63) is 17.8 Å². The fourth-order valence-corrected chi connectivity index (χ4v) is 1.48. The lowest BCUT2D eigenvalue weighted by atomic mass is 10.5. The minimum Gasteiger partial charge on any atom is -0.476 e. The number of carboxylic acids is 1. The number of hydrogen-bond acceptors (Lipinski definition) is 5. The van der Waals surface area contributed by atoms with Crippen molar-refractivity contribution >= 4 is 15.8 Å². The normalized spacial score (nSPS) is 11.5. The van der Waals surface area contributed by atoms with Gasteiger partial charge in [0.2, 0.25) is 5.89 Å². The van der Waals surface area contributed by atoms with Crippen molar-refractivity contribution in [2.75, 3.05) is 5.75 Å². The van der Waals surface area contributed by atoms with Crippen molar-refractivity contribution in [2.45, 2.75) is 12.7 Å². The average Bonchev–Trinajstić information content (AvgIpc) is 2.52. The second kappa shape index (κ2) is 3.79. The Hall–Kier alpha value is -1.37. The van der Waals surface area contributed by atoms with Gasteiger partial charge in [-0.25, -0.2) is 18.2 Å². The highest BCUT2D eigenvalue weighted by atomic mass is 32.2. The Labute approximate surface area is 80.5 Å². The molecule has 1 aromatic rings. The Morgan fingerprint density at radius 1 is 1.64 bits per heavy atom. The van der Waals surface area contributed by atoms with Crippen molar-refractivity contribution in [1.82, 2.24) is 4.98 Å².